The Morgan fingerprint density at radius 3 is 2.64 bits per heavy atom. The molecule has 2 heterocycles. The van der Waals surface area contributed by atoms with Crippen molar-refractivity contribution in [1.82, 2.24) is 0 Å². The lowest BCUT2D eigenvalue weighted by molar-refractivity contribution is -0.136. The first-order valence-corrected chi connectivity index (χ1v) is 8.50. The predicted molar refractivity (Wildman–Crippen MR) is 101 cm³/mol. The molecule has 0 saturated heterocycles. The van der Waals surface area contributed by atoms with Crippen LogP contribution >= 0.6 is 0 Å². The third-order valence-corrected chi connectivity index (χ3v) is 4.69. The van der Waals surface area contributed by atoms with Crippen molar-refractivity contribution in [3.63, 3.8) is 0 Å². The number of benzene rings is 2. The van der Waals surface area contributed by atoms with E-state index in [9.17, 15) is 9.59 Å². The second-order valence-electron chi connectivity index (χ2n) is 6.21. The number of rotatable bonds is 3. The number of methoxy groups -OCH3 is 2. The van der Waals surface area contributed by atoms with Crippen molar-refractivity contribution >= 4 is 16.9 Å². The van der Waals surface area contributed by atoms with Crippen LogP contribution in [0.3, 0.4) is 0 Å². The molecule has 0 aliphatic carbocycles. The Balaban J connectivity index is 2.07. The summed E-state index contributed by atoms with van der Waals surface area (Å²) in [6.45, 7) is 0. The zero-order chi connectivity index (χ0) is 19.8. The highest BCUT2D eigenvalue weighted by Gasteiger charge is 2.39. The van der Waals surface area contributed by atoms with Crippen LogP contribution < -0.4 is 20.8 Å². The summed E-state index contributed by atoms with van der Waals surface area (Å²) >= 11 is 0. The maximum absolute atomic E-state index is 12.9. The second kappa shape index (κ2) is 6.77. The largest absolute Gasteiger partial charge is 0.497 e. The number of hydrogen-bond acceptors (Lipinski definition) is 7. The minimum Gasteiger partial charge on any atom is -0.497 e. The van der Waals surface area contributed by atoms with E-state index >= 15 is 0 Å². The maximum atomic E-state index is 12.9. The molecule has 7 nitrogen and oxygen atoms in total. The van der Waals surface area contributed by atoms with Crippen LogP contribution in [-0.2, 0) is 9.53 Å². The lowest BCUT2D eigenvalue weighted by Crippen LogP contribution is -2.30. The fraction of sp³-hybridized carbons (Fsp3) is 0.143. The highest BCUT2D eigenvalue weighted by molar-refractivity contribution is 5.94. The van der Waals surface area contributed by atoms with Crippen LogP contribution in [-0.4, -0.2) is 20.2 Å². The summed E-state index contributed by atoms with van der Waals surface area (Å²) in [6.07, 6.45) is 0. The van der Waals surface area contributed by atoms with Crippen LogP contribution in [0, 0.1) is 0 Å². The third-order valence-electron chi connectivity index (χ3n) is 4.69. The van der Waals surface area contributed by atoms with Crippen molar-refractivity contribution in [3.8, 4) is 11.5 Å². The standard InChI is InChI=1S/C21H17NO6/c1-25-12-7-5-6-11(10-12)15-16-18(28-19(22)17(15)20(23)26-2)13-8-3-4-9-14(13)27-21(16)24/h3-10,15H,22H2,1-2H3. The van der Waals surface area contributed by atoms with E-state index in [0.29, 0.717) is 22.3 Å². The van der Waals surface area contributed by atoms with Crippen molar-refractivity contribution in [2.24, 2.45) is 5.73 Å². The Hall–Kier alpha value is -3.74. The molecule has 0 fully saturated rings. The van der Waals surface area contributed by atoms with Crippen LogP contribution in [0.15, 0.2) is 69.2 Å². The van der Waals surface area contributed by atoms with Gasteiger partial charge in [0.1, 0.15) is 16.9 Å². The Morgan fingerprint density at radius 1 is 1.11 bits per heavy atom. The van der Waals surface area contributed by atoms with Gasteiger partial charge in [0, 0.05) is 0 Å². The first-order valence-electron chi connectivity index (χ1n) is 8.50. The number of ether oxygens (including phenoxy) is 3. The summed E-state index contributed by atoms with van der Waals surface area (Å²) in [7, 11) is 2.77. The maximum Gasteiger partial charge on any atom is 0.344 e. The lowest BCUT2D eigenvalue weighted by Gasteiger charge is -2.27. The van der Waals surface area contributed by atoms with Crippen molar-refractivity contribution < 1.29 is 23.4 Å². The van der Waals surface area contributed by atoms with Crippen molar-refractivity contribution in [3.05, 3.63) is 81.5 Å². The summed E-state index contributed by atoms with van der Waals surface area (Å²) in [5, 5.41) is 0.580. The van der Waals surface area contributed by atoms with Crippen LogP contribution in [0.5, 0.6) is 11.5 Å². The van der Waals surface area contributed by atoms with Gasteiger partial charge in [0.25, 0.3) is 0 Å². The molecule has 2 aromatic carbocycles. The van der Waals surface area contributed by atoms with Crippen molar-refractivity contribution in [2.75, 3.05) is 14.2 Å². The van der Waals surface area contributed by atoms with E-state index in [0.717, 1.165) is 0 Å². The normalized spacial score (nSPS) is 15.7. The van der Waals surface area contributed by atoms with E-state index in [1.807, 2.05) is 0 Å². The summed E-state index contributed by atoms with van der Waals surface area (Å²) in [6, 6.07) is 14.0. The van der Waals surface area contributed by atoms with Crippen molar-refractivity contribution in [1.29, 1.82) is 0 Å². The molecule has 1 atom stereocenters. The SMILES string of the molecule is COC(=O)C1=C(N)Oc2c(c(=O)oc3ccccc23)C1c1cccc(OC)c1. The van der Waals surface area contributed by atoms with Gasteiger partial charge in [0.05, 0.1) is 31.1 Å². The van der Waals surface area contributed by atoms with Gasteiger partial charge in [-0.1, -0.05) is 24.3 Å². The summed E-state index contributed by atoms with van der Waals surface area (Å²) in [5.74, 6) is -0.804. The zero-order valence-corrected chi connectivity index (χ0v) is 15.2. The topological polar surface area (TPSA) is 101 Å². The molecule has 2 N–H and O–H groups in total. The van der Waals surface area contributed by atoms with Gasteiger partial charge in [-0.2, -0.15) is 0 Å². The first kappa shape index (κ1) is 17.7. The highest BCUT2D eigenvalue weighted by atomic mass is 16.5. The van der Waals surface area contributed by atoms with Gasteiger partial charge in [-0.05, 0) is 29.8 Å². The fourth-order valence-electron chi connectivity index (χ4n) is 3.43. The highest BCUT2D eigenvalue weighted by Crippen LogP contribution is 2.44. The van der Waals surface area contributed by atoms with Gasteiger partial charge in [-0.15, -0.1) is 0 Å². The summed E-state index contributed by atoms with van der Waals surface area (Å²) in [5.41, 5.74) is 6.69. The Bertz CT molecular complexity index is 1180. The van der Waals surface area contributed by atoms with E-state index < -0.39 is 17.5 Å². The summed E-state index contributed by atoms with van der Waals surface area (Å²) in [4.78, 5) is 25.4. The van der Waals surface area contributed by atoms with Gasteiger partial charge < -0.3 is 24.4 Å². The third kappa shape index (κ3) is 2.68. The average molecular weight is 379 g/mol. The molecule has 3 aromatic rings. The molecule has 4 rings (SSSR count). The van der Waals surface area contributed by atoms with Crippen LogP contribution in [0.2, 0.25) is 0 Å². The first-order chi connectivity index (χ1) is 13.5. The molecular weight excluding hydrogens is 362 g/mol. The fourth-order valence-corrected chi connectivity index (χ4v) is 3.43. The molecule has 28 heavy (non-hydrogen) atoms. The number of para-hydroxylation sites is 1. The molecule has 1 unspecified atom stereocenters. The van der Waals surface area contributed by atoms with Gasteiger partial charge in [0.2, 0.25) is 5.88 Å². The van der Waals surface area contributed by atoms with E-state index in [1.54, 1.807) is 48.5 Å². The zero-order valence-electron chi connectivity index (χ0n) is 15.2. The molecule has 0 saturated carbocycles. The number of fused-ring (bicyclic) bond motifs is 3. The number of esters is 1. The second-order valence-corrected chi connectivity index (χ2v) is 6.21. The molecule has 142 valence electrons. The van der Waals surface area contributed by atoms with Crippen LogP contribution in [0.25, 0.3) is 11.0 Å². The minimum atomic E-state index is -0.827. The minimum absolute atomic E-state index is 0.0332. The molecule has 0 amide bonds. The Kier molecular flexibility index (Phi) is 4.27. The van der Waals surface area contributed by atoms with E-state index in [-0.39, 0.29) is 22.8 Å². The van der Waals surface area contributed by atoms with Gasteiger partial charge in [0.15, 0.2) is 5.75 Å². The van der Waals surface area contributed by atoms with E-state index in [4.69, 9.17) is 24.4 Å². The Morgan fingerprint density at radius 2 is 1.89 bits per heavy atom. The van der Waals surface area contributed by atoms with Crippen LogP contribution in [0.4, 0.5) is 0 Å². The van der Waals surface area contributed by atoms with E-state index in [2.05, 4.69) is 0 Å². The quantitative estimate of drug-likeness (QED) is 0.551. The molecule has 0 radical (unpaired) electrons. The van der Waals surface area contributed by atoms with Gasteiger partial charge >= 0.3 is 11.6 Å². The number of carbonyl (C=O) groups is 1. The average Bonchev–Trinajstić information content (AvgIpc) is 2.72. The van der Waals surface area contributed by atoms with Gasteiger partial charge in [-0.25, -0.2) is 9.59 Å². The predicted octanol–water partition coefficient (Wildman–Crippen LogP) is 2.67. The molecule has 0 spiro atoms. The smallest absolute Gasteiger partial charge is 0.344 e. The molecular formula is C21H17NO6. The lowest BCUT2D eigenvalue weighted by atomic mass is 9.83. The molecule has 7 heteroatoms. The van der Waals surface area contributed by atoms with Crippen molar-refractivity contribution in [2.45, 2.75) is 5.92 Å². The number of carbonyl (C=O) groups excluding carboxylic acids is 1. The molecule has 1 aliphatic rings. The number of nitrogens with two attached hydrogens (primary N) is 1. The summed E-state index contributed by atoms with van der Waals surface area (Å²) < 4.78 is 21.4. The Labute approximate surface area is 159 Å². The number of hydrogen-bond donors (Lipinski definition) is 1. The van der Waals surface area contributed by atoms with E-state index in [1.165, 1.54) is 14.2 Å². The van der Waals surface area contributed by atoms with Crippen LogP contribution in [0.1, 0.15) is 17.0 Å². The van der Waals surface area contributed by atoms with Gasteiger partial charge in [-0.3, -0.25) is 0 Å². The molecule has 1 aromatic heterocycles. The molecule has 1 aliphatic heterocycles. The molecule has 0 bridgehead atoms. The monoisotopic (exact) mass is 379 g/mol.